The van der Waals surface area contributed by atoms with Gasteiger partial charge in [0.15, 0.2) is 0 Å². The molecule has 1 aliphatic heterocycles. The van der Waals surface area contributed by atoms with E-state index in [1.807, 2.05) is 0 Å². The fourth-order valence-corrected chi connectivity index (χ4v) is 2.46. The molecule has 1 saturated heterocycles. The number of anilines is 1. The summed E-state index contributed by atoms with van der Waals surface area (Å²) in [5, 5.41) is 8.74. The maximum Gasteiger partial charge on any atom is 0.303 e. The van der Waals surface area contributed by atoms with Gasteiger partial charge in [-0.1, -0.05) is 0 Å². The molecule has 6 heteroatoms. The zero-order valence-electron chi connectivity index (χ0n) is 11.0. The molecule has 1 amide bonds. The molecule has 1 heterocycles. The second kappa shape index (κ2) is 5.90. The van der Waals surface area contributed by atoms with Crippen molar-refractivity contribution in [1.82, 2.24) is 4.90 Å². The zero-order valence-corrected chi connectivity index (χ0v) is 11.0. The van der Waals surface area contributed by atoms with E-state index in [0.29, 0.717) is 25.9 Å². The lowest BCUT2D eigenvalue weighted by atomic mass is 9.93. The molecule has 0 aromatic heterocycles. The molecule has 1 aromatic rings. The summed E-state index contributed by atoms with van der Waals surface area (Å²) in [7, 11) is 0. The summed E-state index contributed by atoms with van der Waals surface area (Å²) < 4.78 is 13.7. The maximum atomic E-state index is 13.7. The smallest absolute Gasteiger partial charge is 0.303 e. The van der Waals surface area contributed by atoms with Crippen molar-refractivity contribution < 1.29 is 19.1 Å². The predicted molar refractivity (Wildman–Crippen MR) is 71.7 cm³/mol. The van der Waals surface area contributed by atoms with Gasteiger partial charge in [-0.25, -0.2) is 4.39 Å². The number of amides is 1. The lowest BCUT2D eigenvalue weighted by Crippen LogP contribution is -2.39. The number of aliphatic carboxylic acids is 1. The normalized spacial score (nSPS) is 16.1. The van der Waals surface area contributed by atoms with Gasteiger partial charge in [-0.2, -0.15) is 0 Å². The highest BCUT2D eigenvalue weighted by atomic mass is 19.1. The summed E-state index contributed by atoms with van der Waals surface area (Å²) >= 11 is 0. The number of carboxylic acids is 1. The third kappa shape index (κ3) is 3.26. The van der Waals surface area contributed by atoms with E-state index in [2.05, 4.69) is 0 Å². The first-order chi connectivity index (χ1) is 9.47. The SMILES string of the molecule is Nc1ccc(C(=O)N2CCC(CC(=O)O)CC2)c(F)c1. The van der Waals surface area contributed by atoms with Gasteiger partial charge in [-0.3, -0.25) is 9.59 Å². The van der Waals surface area contributed by atoms with Gasteiger partial charge in [-0.15, -0.1) is 0 Å². The standard InChI is InChI=1S/C14H17FN2O3/c15-12-8-10(16)1-2-11(12)14(20)17-5-3-9(4-6-17)7-13(18)19/h1-2,8-9H,3-7,16H2,(H,18,19). The number of halogens is 1. The van der Waals surface area contributed by atoms with E-state index in [4.69, 9.17) is 10.8 Å². The first-order valence-corrected chi connectivity index (χ1v) is 6.53. The lowest BCUT2D eigenvalue weighted by molar-refractivity contribution is -0.138. The van der Waals surface area contributed by atoms with E-state index in [0.717, 1.165) is 6.07 Å². The summed E-state index contributed by atoms with van der Waals surface area (Å²) in [4.78, 5) is 24.4. The number of piperidine rings is 1. The zero-order chi connectivity index (χ0) is 14.7. The summed E-state index contributed by atoms with van der Waals surface area (Å²) in [6, 6.07) is 4.01. The van der Waals surface area contributed by atoms with Crippen LogP contribution in [0.5, 0.6) is 0 Å². The van der Waals surface area contributed by atoms with Gasteiger partial charge in [0.05, 0.1) is 5.56 Å². The molecule has 0 unspecified atom stereocenters. The Balaban J connectivity index is 1.99. The highest BCUT2D eigenvalue weighted by Gasteiger charge is 2.26. The third-order valence-corrected chi connectivity index (χ3v) is 3.59. The van der Waals surface area contributed by atoms with Crippen LogP contribution in [0.3, 0.4) is 0 Å². The fraction of sp³-hybridized carbons (Fsp3) is 0.429. The number of nitrogen functional groups attached to an aromatic ring is 1. The van der Waals surface area contributed by atoms with Crippen LogP contribution < -0.4 is 5.73 Å². The maximum absolute atomic E-state index is 13.7. The van der Waals surface area contributed by atoms with Gasteiger partial charge < -0.3 is 15.7 Å². The first kappa shape index (κ1) is 14.3. The monoisotopic (exact) mass is 280 g/mol. The van der Waals surface area contributed by atoms with E-state index >= 15 is 0 Å². The van der Waals surface area contributed by atoms with Gasteiger partial charge in [0.2, 0.25) is 0 Å². The fourth-order valence-electron chi connectivity index (χ4n) is 2.46. The molecule has 0 aliphatic carbocycles. The molecule has 1 fully saturated rings. The number of rotatable bonds is 3. The molecular formula is C14H17FN2O3. The molecule has 0 spiro atoms. The average Bonchev–Trinajstić information content (AvgIpc) is 2.38. The Morgan fingerprint density at radius 2 is 2.00 bits per heavy atom. The van der Waals surface area contributed by atoms with Crippen molar-refractivity contribution in [3.8, 4) is 0 Å². The van der Waals surface area contributed by atoms with Crippen LogP contribution in [-0.2, 0) is 4.79 Å². The molecule has 1 aliphatic rings. The lowest BCUT2D eigenvalue weighted by Gasteiger charge is -2.31. The molecule has 5 nitrogen and oxygen atoms in total. The highest BCUT2D eigenvalue weighted by Crippen LogP contribution is 2.23. The van der Waals surface area contributed by atoms with Gasteiger partial charge in [0.1, 0.15) is 5.82 Å². The number of nitrogens with two attached hydrogens (primary N) is 1. The van der Waals surface area contributed by atoms with Gasteiger partial charge in [0, 0.05) is 25.2 Å². The van der Waals surface area contributed by atoms with Crippen molar-refractivity contribution in [3.63, 3.8) is 0 Å². The highest BCUT2D eigenvalue weighted by molar-refractivity contribution is 5.94. The Morgan fingerprint density at radius 1 is 1.35 bits per heavy atom. The van der Waals surface area contributed by atoms with Crippen LogP contribution in [0.1, 0.15) is 29.6 Å². The third-order valence-electron chi connectivity index (χ3n) is 3.59. The molecule has 0 radical (unpaired) electrons. The molecule has 3 N–H and O–H groups in total. The van der Waals surface area contributed by atoms with E-state index in [-0.39, 0.29) is 29.5 Å². The van der Waals surface area contributed by atoms with Crippen molar-refractivity contribution in [2.75, 3.05) is 18.8 Å². The Hall–Kier alpha value is -2.11. The van der Waals surface area contributed by atoms with Crippen LogP contribution in [0.4, 0.5) is 10.1 Å². The Labute approximate surface area is 116 Å². The topological polar surface area (TPSA) is 83.6 Å². The van der Waals surface area contributed by atoms with Crippen LogP contribution in [0.15, 0.2) is 18.2 Å². The van der Waals surface area contributed by atoms with Gasteiger partial charge in [0.25, 0.3) is 5.91 Å². The van der Waals surface area contributed by atoms with Crippen molar-refractivity contribution in [2.45, 2.75) is 19.3 Å². The summed E-state index contributed by atoms with van der Waals surface area (Å²) in [6.07, 6.45) is 1.39. The number of hydrogen-bond donors (Lipinski definition) is 2. The second-order valence-electron chi connectivity index (χ2n) is 5.07. The molecule has 1 aromatic carbocycles. The number of nitrogens with zero attached hydrogens (tertiary/aromatic N) is 1. The number of carbonyl (C=O) groups is 2. The average molecular weight is 280 g/mol. The number of carbonyl (C=O) groups excluding carboxylic acids is 1. The molecular weight excluding hydrogens is 263 g/mol. The summed E-state index contributed by atoms with van der Waals surface area (Å²) in [6.45, 7) is 0.918. The van der Waals surface area contributed by atoms with E-state index in [1.165, 1.54) is 12.1 Å². The van der Waals surface area contributed by atoms with Crippen molar-refractivity contribution in [3.05, 3.63) is 29.6 Å². The van der Waals surface area contributed by atoms with Crippen LogP contribution in [-0.4, -0.2) is 35.0 Å². The Kier molecular flexibility index (Phi) is 4.22. The first-order valence-electron chi connectivity index (χ1n) is 6.53. The largest absolute Gasteiger partial charge is 0.481 e. The van der Waals surface area contributed by atoms with Crippen LogP contribution in [0.2, 0.25) is 0 Å². The van der Waals surface area contributed by atoms with Crippen molar-refractivity contribution >= 4 is 17.6 Å². The number of carboxylic acid groups (broad SMARTS) is 1. The van der Waals surface area contributed by atoms with Crippen LogP contribution in [0.25, 0.3) is 0 Å². The summed E-state index contributed by atoms with van der Waals surface area (Å²) in [5.74, 6) is -1.72. The molecule has 0 saturated carbocycles. The predicted octanol–water partition coefficient (Wildman–Crippen LogP) is 1.73. The quantitative estimate of drug-likeness (QED) is 0.826. The number of likely N-dealkylation sites (tertiary alicyclic amines) is 1. The van der Waals surface area contributed by atoms with Crippen molar-refractivity contribution in [1.29, 1.82) is 0 Å². The Morgan fingerprint density at radius 3 is 2.55 bits per heavy atom. The van der Waals surface area contributed by atoms with E-state index in [1.54, 1.807) is 4.90 Å². The molecule has 0 atom stereocenters. The number of hydrogen-bond acceptors (Lipinski definition) is 3. The van der Waals surface area contributed by atoms with Crippen molar-refractivity contribution in [2.24, 2.45) is 5.92 Å². The minimum absolute atomic E-state index is 0.0101. The van der Waals surface area contributed by atoms with E-state index < -0.39 is 11.8 Å². The minimum atomic E-state index is -0.820. The molecule has 0 bridgehead atoms. The molecule has 108 valence electrons. The van der Waals surface area contributed by atoms with Gasteiger partial charge in [-0.05, 0) is 37.0 Å². The second-order valence-corrected chi connectivity index (χ2v) is 5.07. The Bertz CT molecular complexity index is 525. The van der Waals surface area contributed by atoms with Crippen LogP contribution >= 0.6 is 0 Å². The number of benzene rings is 1. The minimum Gasteiger partial charge on any atom is -0.481 e. The van der Waals surface area contributed by atoms with E-state index in [9.17, 15) is 14.0 Å². The molecule has 20 heavy (non-hydrogen) atoms. The van der Waals surface area contributed by atoms with Crippen LogP contribution in [0, 0.1) is 11.7 Å². The van der Waals surface area contributed by atoms with Gasteiger partial charge >= 0.3 is 5.97 Å². The molecule has 2 rings (SSSR count). The summed E-state index contributed by atoms with van der Waals surface area (Å²) in [5.41, 5.74) is 5.74.